The average Bonchev–Trinajstić information content (AvgIpc) is 2.67. The van der Waals surface area contributed by atoms with Crippen molar-refractivity contribution < 1.29 is 10.2 Å². The molecule has 0 saturated heterocycles. The third kappa shape index (κ3) is 2.74. The maximum absolute atomic E-state index is 9.21. The minimum absolute atomic E-state index is 0.0994. The van der Waals surface area contributed by atoms with E-state index in [2.05, 4.69) is 15.5 Å². The molecule has 0 aromatic carbocycles. The number of hydrogen-bond donors (Lipinski definition) is 3. The monoisotopic (exact) mass is 214 g/mol. The SMILES string of the molecule is CCC(CO)(CO)NCc1nncn1C. The number of aliphatic hydroxyl groups excluding tert-OH is 2. The molecule has 0 fully saturated rings. The Morgan fingerprint density at radius 2 is 2.13 bits per heavy atom. The lowest BCUT2D eigenvalue weighted by Crippen LogP contribution is -2.51. The Morgan fingerprint density at radius 3 is 2.53 bits per heavy atom. The Labute approximate surface area is 89.0 Å². The molecule has 0 unspecified atom stereocenters. The second kappa shape index (κ2) is 5.20. The first kappa shape index (κ1) is 12.1. The van der Waals surface area contributed by atoms with Gasteiger partial charge in [0.15, 0.2) is 0 Å². The predicted octanol–water partition coefficient (Wildman–Crippen LogP) is -0.962. The standard InChI is InChI=1S/C9H18N4O2/c1-3-9(5-14,6-15)10-4-8-12-11-7-13(8)2/h7,10,14-15H,3-6H2,1-2H3. The summed E-state index contributed by atoms with van der Waals surface area (Å²) in [5.74, 6) is 0.773. The van der Waals surface area contributed by atoms with Crippen molar-refractivity contribution in [2.45, 2.75) is 25.4 Å². The van der Waals surface area contributed by atoms with E-state index in [0.717, 1.165) is 5.82 Å². The lowest BCUT2D eigenvalue weighted by atomic mass is 9.98. The molecular formula is C9H18N4O2. The van der Waals surface area contributed by atoms with E-state index in [0.29, 0.717) is 13.0 Å². The van der Waals surface area contributed by atoms with Crippen molar-refractivity contribution in [1.82, 2.24) is 20.1 Å². The van der Waals surface area contributed by atoms with Crippen molar-refractivity contribution in [2.24, 2.45) is 7.05 Å². The quantitative estimate of drug-likeness (QED) is 0.568. The van der Waals surface area contributed by atoms with Crippen LogP contribution in [0.2, 0.25) is 0 Å². The van der Waals surface area contributed by atoms with Crippen LogP contribution >= 0.6 is 0 Å². The summed E-state index contributed by atoms with van der Waals surface area (Å²) < 4.78 is 1.79. The van der Waals surface area contributed by atoms with Crippen molar-refractivity contribution in [2.75, 3.05) is 13.2 Å². The van der Waals surface area contributed by atoms with Crippen LogP contribution in [-0.4, -0.2) is 43.7 Å². The fourth-order valence-corrected chi connectivity index (χ4v) is 1.24. The summed E-state index contributed by atoms with van der Waals surface area (Å²) in [6.45, 7) is 2.19. The van der Waals surface area contributed by atoms with Crippen LogP contribution in [0, 0.1) is 0 Å². The minimum Gasteiger partial charge on any atom is -0.394 e. The number of nitrogens with one attached hydrogen (secondary N) is 1. The van der Waals surface area contributed by atoms with Gasteiger partial charge in [-0.15, -0.1) is 10.2 Å². The molecule has 1 aromatic rings. The summed E-state index contributed by atoms with van der Waals surface area (Å²) in [7, 11) is 1.85. The molecule has 1 aromatic heterocycles. The Bertz CT molecular complexity index is 288. The van der Waals surface area contributed by atoms with Gasteiger partial charge in [-0.05, 0) is 6.42 Å². The van der Waals surface area contributed by atoms with Gasteiger partial charge in [-0.25, -0.2) is 0 Å². The van der Waals surface area contributed by atoms with Gasteiger partial charge in [-0.1, -0.05) is 6.92 Å². The lowest BCUT2D eigenvalue weighted by Gasteiger charge is -2.29. The van der Waals surface area contributed by atoms with Crippen molar-refractivity contribution in [3.63, 3.8) is 0 Å². The van der Waals surface area contributed by atoms with Gasteiger partial charge in [-0.2, -0.15) is 0 Å². The number of aliphatic hydroxyl groups is 2. The van der Waals surface area contributed by atoms with E-state index < -0.39 is 5.54 Å². The third-order valence-corrected chi connectivity index (χ3v) is 2.71. The lowest BCUT2D eigenvalue weighted by molar-refractivity contribution is 0.0856. The highest BCUT2D eigenvalue weighted by Gasteiger charge is 2.26. The van der Waals surface area contributed by atoms with Crippen LogP contribution in [0.4, 0.5) is 0 Å². The summed E-state index contributed by atoms with van der Waals surface area (Å²) in [5.41, 5.74) is -0.633. The van der Waals surface area contributed by atoms with Gasteiger partial charge in [0, 0.05) is 7.05 Å². The minimum atomic E-state index is -0.633. The summed E-state index contributed by atoms with van der Waals surface area (Å²) in [5, 5.41) is 29.2. The largest absolute Gasteiger partial charge is 0.394 e. The van der Waals surface area contributed by atoms with E-state index in [1.807, 2.05) is 14.0 Å². The molecule has 3 N–H and O–H groups in total. The normalized spacial score (nSPS) is 12.0. The van der Waals surface area contributed by atoms with Crippen LogP contribution in [0.3, 0.4) is 0 Å². The molecule has 0 spiro atoms. The van der Waals surface area contributed by atoms with E-state index in [4.69, 9.17) is 0 Å². The van der Waals surface area contributed by atoms with Gasteiger partial charge >= 0.3 is 0 Å². The molecule has 0 aliphatic carbocycles. The van der Waals surface area contributed by atoms with Gasteiger partial charge in [0.2, 0.25) is 0 Å². The van der Waals surface area contributed by atoms with Crippen molar-refractivity contribution in [3.8, 4) is 0 Å². The Balaban J connectivity index is 2.58. The van der Waals surface area contributed by atoms with Crippen LogP contribution in [0.5, 0.6) is 0 Å². The molecular weight excluding hydrogens is 196 g/mol. The fourth-order valence-electron chi connectivity index (χ4n) is 1.24. The molecule has 0 atom stereocenters. The van der Waals surface area contributed by atoms with Crippen LogP contribution < -0.4 is 5.32 Å². The molecule has 0 radical (unpaired) electrons. The highest BCUT2D eigenvalue weighted by molar-refractivity contribution is 4.90. The highest BCUT2D eigenvalue weighted by Crippen LogP contribution is 2.09. The van der Waals surface area contributed by atoms with Crippen molar-refractivity contribution in [3.05, 3.63) is 12.2 Å². The van der Waals surface area contributed by atoms with Crippen LogP contribution in [0.1, 0.15) is 19.2 Å². The number of aryl methyl sites for hydroxylation is 1. The van der Waals surface area contributed by atoms with Crippen molar-refractivity contribution >= 4 is 0 Å². The van der Waals surface area contributed by atoms with Gasteiger partial charge in [0.1, 0.15) is 12.2 Å². The van der Waals surface area contributed by atoms with Crippen LogP contribution in [0.15, 0.2) is 6.33 Å². The topological polar surface area (TPSA) is 83.2 Å². The first-order valence-electron chi connectivity index (χ1n) is 4.97. The second-order valence-electron chi connectivity index (χ2n) is 3.66. The molecule has 0 amide bonds. The summed E-state index contributed by atoms with van der Waals surface area (Å²) in [6.07, 6.45) is 2.26. The molecule has 0 aliphatic heterocycles. The van der Waals surface area contributed by atoms with E-state index in [-0.39, 0.29) is 13.2 Å². The average molecular weight is 214 g/mol. The first-order valence-corrected chi connectivity index (χ1v) is 4.97. The molecule has 0 aliphatic rings. The molecule has 0 bridgehead atoms. The first-order chi connectivity index (χ1) is 7.17. The van der Waals surface area contributed by atoms with E-state index in [9.17, 15) is 10.2 Å². The fraction of sp³-hybridized carbons (Fsp3) is 0.778. The number of aromatic nitrogens is 3. The summed E-state index contributed by atoms with van der Waals surface area (Å²) in [6, 6.07) is 0. The molecule has 15 heavy (non-hydrogen) atoms. The smallest absolute Gasteiger partial charge is 0.146 e. The zero-order chi connectivity index (χ0) is 11.3. The molecule has 0 saturated carbocycles. The number of hydrogen-bond acceptors (Lipinski definition) is 5. The van der Waals surface area contributed by atoms with Gasteiger partial charge in [0.25, 0.3) is 0 Å². The highest BCUT2D eigenvalue weighted by atomic mass is 16.3. The van der Waals surface area contributed by atoms with E-state index >= 15 is 0 Å². The van der Waals surface area contributed by atoms with Gasteiger partial charge in [0.05, 0.1) is 25.3 Å². The second-order valence-corrected chi connectivity index (χ2v) is 3.66. The van der Waals surface area contributed by atoms with Crippen molar-refractivity contribution in [1.29, 1.82) is 0 Å². The third-order valence-electron chi connectivity index (χ3n) is 2.71. The van der Waals surface area contributed by atoms with Gasteiger partial charge in [-0.3, -0.25) is 0 Å². The zero-order valence-electron chi connectivity index (χ0n) is 9.14. The Morgan fingerprint density at radius 1 is 1.47 bits per heavy atom. The molecule has 6 nitrogen and oxygen atoms in total. The Hall–Kier alpha value is -0.980. The number of nitrogens with zero attached hydrogens (tertiary/aromatic N) is 3. The van der Waals surface area contributed by atoms with Crippen LogP contribution in [0.25, 0.3) is 0 Å². The summed E-state index contributed by atoms with van der Waals surface area (Å²) in [4.78, 5) is 0. The van der Waals surface area contributed by atoms with Crippen LogP contribution in [-0.2, 0) is 13.6 Å². The molecule has 86 valence electrons. The van der Waals surface area contributed by atoms with E-state index in [1.165, 1.54) is 0 Å². The molecule has 6 heteroatoms. The molecule has 1 rings (SSSR count). The number of rotatable bonds is 6. The zero-order valence-corrected chi connectivity index (χ0v) is 9.14. The Kier molecular flexibility index (Phi) is 4.19. The summed E-state index contributed by atoms with van der Waals surface area (Å²) >= 11 is 0. The van der Waals surface area contributed by atoms with Gasteiger partial charge < -0.3 is 20.1 Å². The molecule has 1 heterocycles. The predicted molar refractivity (Wildman–Crippen MR) is 55.0 cm³/mol. The maximum atomic E-state index is 9.21. The maximum Gasteiger partial charge on any atom is 0.146 e. The van der Waals surface area contributed by atoms with E-state index in [1.54, 1.807) is 10.9 Å².